The molecule has 2 nitrogen and oxygen atoms in total. The molecule has 1 atom stereocenters. The molecular weight excluding hydrogens is 222 g/mol. The second kappa shape index (κ2) is 6.31. The van der Waals surface area contributed by atoms with Gasteiger partial charge in [-0.3, -0.25) is 4.98 Å². The van der Waals surface area contributed by atoms with Crippen molar-refractivity contribution in [2.45, 2.75) is 32.3 Å². The first-order chi connectivity index (χ1) is 8.74. The lowest BCUT2D eigenvalue weighted by Crippen LogP contribution is -2.11. The van der Waals surface area contributed by atoms with Gasteiger partial charge in [0.1, 0.15) is 0 Å². The summed E-state index contributed by atoms with van der Waals surface area (Å²) in [5.41, 5.74) is 3.63. The fraction of sp³-hybridized carbons (Fsp3) is 0.312. The maximum Gasteiger partial charge on any atom is 0.0583 e. The maximum atomic E-state index is 10.0. The first-order valence-electron chi connectivity index (χ1n) is 6.36. The number of pyridine rings is 1. The van der Waals surface area contributed by atoms with E-state index < -0.39 is 0 Å². The van der Waals surface area contributed by atoms with Crippen molar-refractivity contribution in [3.63, 3.8) is 0 Å². The Kier molecular flexibility index (Phi) is 4.48. The number of hydrogen-bond acceptors (Lipinski definition) is 2. The van der Waals surface area contributed by atoms with Gasteiger partial charge in [0.15, 0.2) is 0 Å². The molecule has 0 bridgehead atoms. The molecular formula is C16H19NO. The zero-order valence-corrected chi connectivity index (χ0v) is 10.7. The topological polar surface area (TPSA) is 33.1 Å². The van der Waals surface area contributed by atoms with E-state index in [1.165, 1.54) is 16.7 Å². The Morgan fingerprint density at radius 1 is 1.11 bits per heavy atom. The van der Waals surface area contributed by atoms with Crippen molar-refractivity contribution in [1.29, 1.82) is 0 Å². The average molecular weight is 241 g/mol. The highest BCUT2D eigenvalue weighted by molar-refractivity contribution is 5.21. The van der Waals surface area contributed by atoms with Crippen LogP contribution in [0.25, 0.3) is 0 Å². The van der Waals surface area contributed by atoms with Crippen molar-refractivity contribution < 1.29 is 5.11 Å². The molecule has 0 saturated carbocycles. The van der Waals surface area contributed by atoms with Crippen LogP contribution in [-0.4, -0.2) is 16.2 Å². The molecule has 2 rings (SSSR count). The van der Waals surface area contributed by atoms with Gasteiger partial charge >= 0.3 is 0 Å². The average Bonchev–Trinajstić information content (AvgIpc) is 2.40. The molecule has 1 N–H and O–H groups in total. The van der Waals surface area contributed by atoms with Gasteiger partial charge in [-0.2, -0.15) is 0 Å². The van der Waals surface area contributed by atoms with Crippen LogP contribution in [0.15, 0.2) is 48.8 Å². The summed E-state index contributed by atoms with van der Waals surface area (Å²) in [6.45, 7) is 2.07. The van der Waals surface area contributed by atoms with Crippen LogP contribution in [0.1, 0.15) is 23.1 Å². The number of hydrogen-bond donors (Lipinski definition) is 1. The summed E-state index contributed by atoms with van der Waals surface area (Å²) in [7, 11) is 0. The van der Waals surface area contributed by atoms with Gasteiger partial charge in [0, 0.05) is 12.4 Å². The third-order valence-corrected chi connectivity index (χ3v) is 3.08. The van der Waals surface area contributed by atoms with Gasteiger partial charge in [0.05, 0.1) is 6.10 Å². The number of benzene rings is 1. The number of aliphatic hydroxyl groups is 1. The molecule has 1 heterocycles. The van der Waals surface area contributed by atoms with Gasteiger partial charge in [-0.05, 0) is 43.4 Å². The number of nitrogens with zero attached hydrogens (tertiary/aromatic N) is 1. The molecule has 0 aliphatic carbocycles. The van der Waals surface area contributed by atoms with Crippen LogP contribution in [-0.2, 0) is 12.8 Å². The minimum Gasteiger partial charge on any atom is -0.393 e. The molecule has 0 fully saturated rings. The summed E-state index contributed by atoms with van der Waals surface area (Å²) in [5, 5.41) is 10.0. The highest BCUT2D eigenvalue weighted by Gasteiger charge is 2.06. The smallest absolute Gasteiger partial charge is 0.0583 e. The third kappa shape index (κ3) is 3.97. The summed E-state index contributed by atoms with van der Waals surface area (Å²) in [6.07, 6.45) is 5.72. The Morgan fingerprint density at radius 2 is 1.89 bits per heavy atom. The highest BCUT2D eigenvalue weighted by atomic mass is 16.3. The molecule has 0 saturated heterocycles. The zero-order chi connectivity index (χ0) is 12.8. The van der Waals surface area contributed by atoms with Crippen molar-refractivity contribution in [1.82, 2.24) is 4.98 Å². The van der Waals surface area contributed by atoms with E-state index >= 15 is 0 Å². The largest absolute Gasteiger partial charge is 0.393 e. The molecule has 0 aliphatic rings. The van der Waals surface area contributed by atoms with Gasteiger partial charge in [0.25, 0.3) is 0 Å². The van der Waals surface area contributed by atoms with Crippen molar-refractivity contribution in [2.24, 2.45) is 0 Å². The second-order valence-electron chi connectivity index (χ2n) is 4.74. The van der Waals surface area contributed by atoms with E-state index in [1.54, 1.807) is 6.20 Å². The molecule has 0 spiro atoms. The van der Waals surface area contributed by atoms with Crippen LogP contribution in [0.2, 0.25) is 0 Å². The Balaban J connectivity index is 1.82. The molecule has 1 aromatic heterocycles. The molecule has 1 aromatic carbocycles. The summed E-state index contributed by atoms with van der Waals surface area (Å²) in [4.78, 5) is 4.07. The van der Waals surface area contributed by atoms with Crippen molar-refractivity contribution in [3.05, 3.63) is 65.5 Å². The van der Waals surface area contributed by atoms with Crippen LogP contribution in [0.3, 0.4) is 0 Å². The number of aromatic nitrogens is 1. The van der Waals surface area contributed by atoms with Gasteiger partial charge < -0.3 is 5.11 Å². The number of aliphatic hydroxyl groups excluding tert-OH is 1. The molecule has 94 valence electrons. The van der Waals surface area contributed by atoms with Crippen LogP contribution in [0.5, 0.6) is 0 Å². The predicted octanol–water partition coefficient (Wildman–Crippen LogP) is 2.93. The van der Waals surface area contributed by atoms with Crippen molar-refractivity contribution in [2.75, 3.05) is 0 Å². The predicted molar refractivity (Wildman–Crippen MR) is 73.4 cm³/mol. The van der Waals surface area contributed by atoms with Crippen molar-refractivity contribution >= 4 is 0 Å². The fourth-order valence-corrected chi connectivity index (χ4v) is 1.98. The van der Waals surface area contributed by atoms with E-state index in [4.69, 9.17) is 0 Å². The lowest BCUT2D eigenvalue weighted by atomic mass is 10.0. The quantitative estimate of drug-likeness (QED) is 0.873. The maximum absolute atomic E-state index is 10.0. The van der Waals surface area contributed by atoms with Gasteiger partial charge in [-0.15, -0.1) is 0 Å². The van der Waals surface area contributed by atoms with Gasteiger partial charge in [-0.25, -0.2) is 0 Å². The third-order valence-electron chi connectivity index (χ3n) is 3.08. The molecule has 18 heavy (non-hydrogen) atoms. The normalized spacial score (nSPS) is 12.3. The zero-order valence-electron chi connectivity index (χ0n) is 10.7. The lowest BCUT2D eigenvalue weighted by molar-refractivity contribution is 0.165. The summed E-state index contributed by atoms with van der Waals surface area (Å²) in [6, 6.07) is 12.3. The molecule has 1 unspecified atom stereocenters. The monoisotopic (exact) mass is 241 g/mol. The van der Waals surface area contributed by atoms with E-state index in [0.717, 1.165) is 19.3 Å². The second-order valence-corrected chi connectivity index (χ2v) is 4.74. The van der Waals surface area contributed by atoms with E-state index in [0.29, 0.717) is 0 Å². The summed E-state index contributed by atoms with van der Waals surface area (Å²) < 4.78 is 0. The minimum atomic E-state index is -0.284. The van der Waals surface area contributed by atoms with E-state index in [9.17, 15) is 5.11 Å². The Labute approximate surface area is 108 Å². The summed E-state index contributed by atoms with van der Waals surface area (Å²) in [5.74, 6) is 0. The van der Waals surface area contributed by atoms with Gasteiger partial charge in [-0.1, -0.05) is 35.9 Å². The molecule has 0 radical (unpaired) electrons. The molecule has 2 aromatic rings. The van der Waals surface area contributed by atoms with E-state index in [1.807, 2.05) is 18.3 Å². The molecule has 2 heteroatoms. The van der Waals surface area contributed by atoms with Crippen LogP contribution >= 0.6 is 0 Å². The van der Waals surface area contributed by atoms with Crippen LogP contribution < -0.4 is 0 Å². The SMILES string of the molecule is Cc1ccc(CC(O)CCc2cccnc2)cc1. The first kappa shape index (κ1) is 12.8. The first-order valence-corrected chi connectivity index (χ1v) is 6.36. The number of rotatable bonds is 5. The molecule has 0 amide bonds. The highest BCUT2D eigenvalue weighted by Crippen LogP contribution is 2.10. The van der Waals surface area contributed by atoms with Crippen molar-refractivity contribution in [3.8, 4) is 0 Å². The number of aryl methyl sites for hydroxylation is 2. The Hall–Kier alpha value is -1.67. The fourth-order valence-electron chi connectivity index (χ4n) is 1.98. The van der Waals surface area contributed by atoms with Gasteiger partial charge in [0.2, 0.25) is 0 Å². The van der Waals surface area contributed by atoms with Crippen LogP contribution in [0, 0.1) is 6.92 Å². The molecule has 0 aliphatic heterocycles. The standard InChI is InChI=1S/C16H19NO/c1-13-4-6-14(7-5-13)11-16(18)9-8-15-3-2-10-17-12-15/h2-7,10,12,16,18H,8-9,11H2,1H3. The lowest BCUT2D eigenvalue weighted by Gasteiger charge is -2.10. The minimum absolute atomic E-state index is 0.284. The van der Waals surface area contributed by atoms with E-state index in [2.05, 4.69) is 36.2 Å². The Morgan fingerprint density at radius 3 is 2.56 bits per heavy atom. The Bertz CT molecular complexity index is 464. The summed E-state index contributed by atoms with van der Waals surface area (Å²) >= 11 is 0. The van der Waals surface area contributed by atoms with E-state index in [-0.39, 0.29) is 6.10 Å². The van der Waals surface area contributed by atoms with Crippen LogP contribution in [0.4, 0.5) is 0 Å².